The lowest BCUT2D eigenvalue weighted by Gasteiger charge is -2.28. The lowest BCUT2D eigenvalue weighted by molar-refractivity contribution is 0.411. The molecule has 1 aromatic carbocycles. The summed E-state index contributed by atoms with van der Waals surface area (Å²) in [6.07, 6.45) is 7.46. The molecule has 0 N–H and O–H groups in total. The van der Waals surface area contributed by atoms with E-state index in [0.29, 0.717) is 0 Å². The van der Waals surface area contributed by atoms with Crippen LogP contribution in [0, 0.1) is 0 Å². The number of hydrogen-bond acceptors (Lipinski definition) is 2. The number of rotatable bonds is 2. The molecule has 3 rings (SSSR count). The Kier molecular flexibility index (Phi) is 3.30. The van der Waals surface area contributed by atoms with E-state index in [0.717, 1.165) is 24.0 Å². The van der Waals surface area contributed by atoms with E-state index in [1.165, 1.54) is 31.6 Å². The van der Waals surface area contributed by atoms with Crippen LogP contribution in [-0.2, 0) is 4.57 Å². The van der Waals surface area contributed by atoms with Crippen molar-refractivity contribution in [3.63, 3.8) is 0 Å². The van der Waals surface area contributed by atoms with Gasteiger partial charge in [0.2, 0.25) is 0 Å². The van der Waals surface area contributed by atoms with Gasteiger partial charge in [-0.1, -0.05) is 36.4 Å². The van der Waals surface area contributed by atoms with E-state index in [-0.39, 0.29) is 0 Å². The first kappa shape index (κ1) is 12.0. The van der Waals surface area contributed by atoms with Crippen LogP contribution in [0.5, 0.6) is 0 Å². The fourth-order valence-corrected chi connectivity index (χ4v) is 5.43. The summed E-state index contributed by atoms with van der Waals surface area (Å²) >= 11 is 0. The summed E-state index contributed by atoms with van der Waals surface area (Å²) in [5.41, 5.74) is 1.44. The summed E-state index contributed by atoms with van der Waals surface area (Å²) < 4.78 is 12.9. The molecule has 1 unspecified atom stereocenters. The number of hydrogen-bond donors (Lipinski definition) is 0. The molecule has 1 saturated heterocycles. The van der Waals surface area contributed by atoms with Crippen molar-refractivity contribution in [2.24, 2.45) is 0 Å². The lowest BCUT2D eigenvalue weighted by atomic mass is 10.3. The second-order valence-corrected chi connectivity index (χ2v) is 8.38. The molecule has 2 aliphatic rings. The van der Waals surface area contributed by atoms with Crippen molar-refractivity contribution in [3.8, 4) is 0 Å². The molecule has 3 heteroatoms. The molecule has 2 nitrogen and oxygen atoms in total. The molecule has 0 radical (unpaired) electrons. The molecule has 18 heavy (non-hydrogen) atoms. The highest BCUT2D eigenvalue weighted by atomic mass is 31.2. The van der Waals surface area contributed by atoms with Crippen LogP contribution in [0.15, 0.2) is 42.1 Å². The molecular weight excluding hydrogens is 241 g/mol. The van der Waals surface area contributed by atoms with Crippen molar-refractivity contribution in [3.05, 3.63) is 42.1 Å². The summed E-state index contributed by atoms with van der Waals surface area (Å²) in [7, 11) is -2.15. The number of allylic oxidation sites excluding steroid dienone is 2. The van der Waals surface area contributed by atoms with Crippen molar-refractivity contribution in [2.75, 3.05) is 25.4 Å². The Hall–Kier alpha value is -1.01. The first-order chi connectivity index (χ1) is 8.78. The van der Waals surface area contributed by atoms with Crippen LogP contribution in [0.2, 0.25) is 0 Å². The fraction of sp³-hybridized carbons (Fsp3) is 0.467. The molecule has 2 aliphatic heterocycles. The average Bonchev–Trinajstić information content (AvgIpc) is 2.95. The smallest absolute Gasteiger partial charge is 0.119 e. The summed E-state index contributed by atoms with van der Waals surface area (Å²) in [5, 5.41) is 1.06. The molecule has 1 aromatic rings. The van der Waals surface area contributed by atoms with E-state index in [1.807, 2.05) is 30.3 Å². The van der Waals surface area contributed by atoms with Crippen molar-refractivity contribution in [1.29, 1.82) is 0 Å². The minimum Gasteiger partial charge on any atom is -0.375 e. The predicted octanol–water partition coefficient (Wildman–Crippen LogP) is 3.06. The highest BCUT2D eigenvalue weighted by Gasteiger charge is 2.29. The SMILES string of the molecule is O=P1(c2ccccc2)CC=C(N2CCCC2)CC1. The van der Waals surface area contributed by atoms with Gasteiger partial charge in [0.1, 0.15) is 7.14 Å². The Balaban J connectivity index is 1.77. The minimum atomic E-state index is -2.15. The molecule has 1 fully saturated rings. The minimum absolute atomic E-state index is 0.753. The fourth-order valence-electron chi connectivity index (χ4n) is 2.97. The molecule has 2 heterocycles. The first-order valence-corrected chi connectivity index (χ1v) is 8.93. The first-order valence-electron chi connectivity index (χ1n) is 6.86. The van der Waals surface area contributed by atoms with Crippen LogP contribution in [0.1, 0.15) is 19.3 Å². The van der Waals surface area contributed by atoms with Crippen LogP contribution >= 0.6 is 7.14 Å². The van der Waals surface area contributed by atoms with Gasteiger partial charge >= 0.3 is 0 Å². The van der Waals surface area contributed by atoms with Gasteiger partial charge in [0.25, 0.3) is 0 Å². The quantitative estimate of drug-likeness (QED) is 0.763. The summed E-state index contributed by atoms with van der Waals surface area (Å²) in [6.45, 7) is 2.39. The largest absolute Gasteiger partial charge is 0.375 e. The third-order valence-electron chi connectivity index (χ3n) is 4.09. The monoisotopic (exact) mass is 261 g/mol. The van der Waals surface area contributed by atoms with E-state index in [1.54, 1.807) is 0 Å². The third kappa shape index (κ3) is 2.27. The summed E-state index contributed by atoms with van der Waals surface area (Å²) in [4.78, 5) is 2.48. The second kappa shape index (κ2) is 4.93. The molecule has 0 saturated carbocycles. The zero-order chi connectivity index (χ0) is 12.4. The van der Waals surface area contributed by atoms with Gasteiger partial charge in [-0.3, -0.25) is 0 Å². The Labute approximate surface area is 109 Å². The van der Waals surface area contributed by atoms with Crippen molar-refractivity contribution >= 4 is 12.4 Å². The lowest BCUT2D eigenvalue weighted by Crippen LogP contribution is -2.24. The van der Waals surface area contributed by atoms with Gasteiger partial charge in [-0.2, -0.15) is 0 Å². The zero-order valence-electron chi connectivity index (χ0n) is 10.7. The van der Waals surface area contributed by atoms with Crippen molar-refractivity contribution in [2.45, 2.75) is 19.3 Å². The Morgan fingerprint density at radius 1 is 1.06 bits per heavy atom. The van der Waals surface area contributed by atoms with Crippen molar-refractivity contribution in [1.82, 2.24) is 4.90 Å². The van der Waals surface area contributed by atoms with Crippen LogP contribution < -0.4 is 5.30 Å². The topological polar surface area (TPSA) is 20.3 Å². The number of benzene rings is 1. The molecule has 1 atom stereocenters. The van der Waals surface area contributed by atoms with Gasteiger partial charge in [-0.25, -0.2) is 0 Å². The number of nitrogens with zero attached hydrogens (tertiary/aromatic N) is 1. The highest BCUT2D eigenvalue weighted by Crippen LogP contribution is 2.48. The van der Waals surface area contributed by atoms with Crippen LogP contribution in [-0.4, -0.2) is 30.3 Å². The average molecular weight is 261 g/mol. The zero-order valence-corrected chi connectivity index (χ0v) is 11.6. The van der Waals surface area contributed by atoms with Gasteiger partial charge in [0.05, 0.1) is 0 Å². The Morgan fingerprint density at radius 3 is 2.39 bits per heavy atom. The van der Waals surface area contributed by atoms with E-state index in [9.17, 15) is 4.57 Å². The van der Waals surface area contributed by atoms with Gasteiger partial charge in [0.15, 0.2) is 0 Å². The van der Waals surface area contributed by atoms with Gasteiger partial charge in [-0.05, 0) is 19.3 Å². The Morgan fingerprint density at radius 2 is 1.78 bits per heavy atom. The third-order valence-corrected chi connectivity index (χ3v) is 7.05. The molecule has 0 spiro atoms. The second-order valence-electron chi connectivity index (χ2n) is 5.27. The molecule has 96 valence electrons. The predicted molar refractivity (Wildman–Crippen MR) is 76.9 cm³/mol. The molecule has 0 amide bonds. The standard InChI is InChI=1S/C15H20NOP/c17-18(15-6-2-1-3-7-15)12-8-14(9-13-18)16-10-4-5-11-16/h1-3,6-8H,4-5,9-13H2. The van der Waals surface area contributed by atoms with Crippen molar-refractivity contribution < 1.29 is 4.57 Å². The number of likely N-dealkylation sites (tertiary alicyclic amines) is 1. The van der Waals surface area contributed by atoms with E-state index in [2.05, 4.69) is 11.0 Å². The van der Waals surface area contributed by atoms with Gasteiger partial charge in [-0.15, -0.1) is 0 Å². The van der Waals surface area contributed by atoms with Crippen LogP contribution in [0.25, 0.3) is 0 Å². The molecule has 0 aliphatic carbocycles. The van der Waals surface area contributed by atoms with Gasteiger partial charge < -0.3 is 9.46 Å². The Bertz CT molecular complexity index is 488. The van der Waals surface area contributed by atoms with Crippen LogP contribution in [0.4, 0.5) is 0 Å². The molecular formula is C15H20NOP. The molecule has 0 bridgehead atoms. The van der Waals surface area contributed by atoms with E-state index < -0.39 is 7.14 Å². The van der Waals surface area contributed by atoms with E-state index in [4.69, 9.17) is 0 Å². The van der Waals surface area contributed by atoms with Crippen LogP contribution in [0.3, 0.4) is 0 Å². The maximum Gasteiger partial charge on any atom is 0.119 e. The summed E-state index contributed by atoms with van der Waals surface area (Å²) in [5.74, 6) is 0. The maximum atomic E-state index is 12.9. The normalized spacial score (nSPS) is 28.2. The highest BCUT2D eigenvalue weighted by molar-refractivity contribution is 7.71. The summed E-state index contributed by atoms with van der Waals surface area (Å²) in [6, 6.07) is 10.0. The molecule has 0 aromatic heterocycles. The van der Waals surface area contributed by atoms with Gasteiger partial charge in [0, 0.05) is 36.4 Å². The van der Waals surface area contributed by atoms with E-state index >= 15 is 0 Å². The maximum absolute atomic E-state index is 12.9.